The molecule has 0 aliphatic carbocycles. The van der Waals surface area contributed by atoms with Crippen molar-refractivity contribution in [2.24, 2.45) is 5.73 Å². The number of amides is 2. The lowest BCUT2D eigenvalue weighted by Crippen LogP contribution is -2.35. The monoisotopic (exact) mass is 368 g/mol. The molecule has 138 valence electrons. The number of primary amides is 1. The quantitative estimate of drug-likeness (QED) is 0.796. The molecule has 0 fully saturated rings. The first-order valence-corrected chi connectivity index (χ1v) is 7.67. The fourth-order valence-electron chi connectivity index (χ4n) is 2.37. The van der Waals surface area contributed by atoms with Crippen LogP contribution in [-0.4, -0.2) is 18.4 Å². The zero-order chi connectivity index (χ0) is 19.3. The fourth-order valence-corrected chi connectivity index (χ4v) is 2.37. The van der Waals surface area contributed by atoms with Crippen LogP contribution >= 0.6 is 0 Å². The molecule has 4 nitrogen and oxygen atoms in total. The Labute approximate surface area is 147 Å². The van der Waals surface area contributed by atoms with Gasteiger partial charge in [-0.05, 0) is 35.9 Å². The minimum Gasteiger partial charge on any atom is -0.370 e. The molecule has 0 aliphatic heterocycles. The molecule has 0 aliphatic rings. The Kier molecular flexibility index (Phi) is 5.97. The van der Waals surface area contributed by atoms with E-state index < -0.39 is 29.4 Å². The van der Waals surface area contributed by atoms with Gasteiger partial charge in [0.25, 0.3) is 0 Å². The molecule has 0 saturated carbocycles. The Morgan fingerprint density at radius 1 is 1.04 bits per heavy atom. The maximum absolute atomic E-state index is 13.1. The number of nitrogens with zero attached hydrogens (tertiary/aromatic N) is 1. The standard InChI is InChI=1S/C18H16F4N2O2/c19-14-4-6-15(7-5-14)24(9-8-16(23)25)17(26)11-12-2-1-3-13(10-12)18(20,21)22/h1-7,10H,8-9,11H2,(H2,23,25). The summed E-state index contributed by atoms with van der Waals surface area (Å²) in [6.07, 6.45) is -4.95. The molecule has 0 radical (unpaired) electrons. The topological polar surface area (TPSA) is 63.4 Å². The molecule has 26 heavy (non-hydrogen) atoms. The maximum atomic E-state index is 13.1. The number of alkyl halides is 3. The molecule has 0 unspecified atom stereocenters. The van der Waals surface area contributed by atoms with Crippen LogP contribution in [0, 0.1) is 5.82 Å². The van der Waals surface area contributed by atoms with Gasteiger partial charge in [0, 0.05) is 18.7 Å². The smallest absolute Gasteiger partial charge is 0.370 e. The summed E-state index contributed by atoms with van der Waals surface area (Å²) in [5, 5.41) is 0. The van der Waals surface area contributed by atoms with E-state index in [4.69, 9.17) is 5.73 Å². The molecular formula is C18H16F4N2O2. The second-order valence-corrected chi connectivity index (χ2v) is 5.61. The lowest BCUT2D eigenvalue weighted by atomic mass is 10.1. The number of nitrogens with two attached hydrogens (primary N) is 1. The third-order valence-electron chi connectivity index (χ3n) is 3.63. The molecule has 0 saturated heterocycles. The van der Waals surface area contributed by atoms with Gasteiger partial charge in [0.15, 0.2) is 0 Å². The van der Waals surface area contributed by atoms with Crippen LogP contribution in [0.5, 0.6) is 0 Å². The highest BCUT2D eigenvalue weighted by atomic mass is 19.4. The van der Waals surface area contributed by atoms with Crippen molar-refractivity contribution < 1.29 is 27.2 Å². The maximum Gasteiger partial charge on any atom is 0.416 e. The predicted molar refractivity (Wildman–Crippen MR) is 87.7 cm³/mol. The van der Waals surface area contributed by atoms with E-state index in [-0.39, 0.29) is 24.9 Å². The van der Waals surface area contributed by atoms with Crippen LogP contribution in [0.4, 0.5) is 23.2 Å². The van der Waals surface area contributed by atoms with Gasteiger partial charge in [0.2, 0.25) is 11.8 Å². The van der Waals surface area contributed by atoms with E-state index >= 15 is 0 Å². The number of benzene rings is 2. The zero-order valence-corrected chi connectivity index (χ0v) is 13.6. The van der Waals surface area contributed by atoms with Crippen LogP contribution in [0.1, 0.15) is 17.5 Å². The molecule has 0 bridgehead atoms. The minimum absolute atomic E-state index is 0.0568. The third-order valence-corrected chi connectivity index (χ3v) is 3.63. The Morgan fingerprint density at radius 3 is 2.27 bits per heavy atom. The second kappa shape index (κ2) is 7.99. The van der Waals surface area contributed by atoms with Crippen molar-refractivity contribution in [1.29, 1.82) is 0 Å². The van der Waals surface area contributed by atoms with Crippen molar-refractivity contribution in [3.63, 3.8) is 0 Å². The van der Waals surface area contributed by atoms with Crippen molar-refractivity contribution in [2.45, 2.75) is 19.0 Å². The number of rotatable bonds is 6. The number of hydrogen-bond acceptors (Lipinski definition) is 2. The summed E-state index contributed by atoms with van der Waals surface area (Å²) < 4.78 is 51.5. The second-order valence-electron chi connectivity index (χ2n) is 5.61. The Morgan fingerprint density at radius 2 is 1.69 bits per heavy atom. The van der Waals surface area contributed by atoms with Crippen molar-refractivity contribution >= 4 is 17.5 Å². The van der Waals surface area contributed by atoms with Crippen LogP contribution < -0.4 is 10.6 Å². The van der Waals surface area contributed by atoms with Crippen LogP contribution in [0.3, 0.4) is 0 Å². The van der Waals surface area contributed by atoms with Crippen molar-refractivity contribution in [2.75, 3.05) is 11.4 Å². The number of anilines is 1. The van der Waals surface area contributed by atoms with Crippen molar-refractivity contribution in [3.8, 4) is 0 Å². The van der Waals surface area contributed by atoms with E-state index in [0.717, 1.165) is 24.3 Å². The van der Waals surface area contributed by atoms with Gasteiger partial charge in [-0.15, -0.1) is 0 Å². The van der Waals surface area contributed by atoms with Crippen LogP contribution in [-0.2, 0) is 22.2 Å². The summed E-state index contributed by atoms with van der Waals surface area (Å²) in [5.74, 6) is -1.67. The Balaban J connectivity index is 2.23. The highest BCUT2D eigenvalue weighted by molar-refractivity contribution is 5.95. The Hall–Kier alpha value is -2.90. The summed E-state index contributed by atoms with van der Waals surface area (Å²) in [6.45, 7) is -0.0568. The van der Waals surface area contributed by atoms with E-state index in [1.807, 2.05) is 0 Å². The van der Waals surface area contributed by atoms with E-state index in [1.165, 1.54) is 29.2 Å². The highest BCUT2D eigenvalue weighted by Crippen LogP contribution is 2.29. The van der Waals surface area contributed by atoms with Gasteiger partial charge in [-0.25, -0.2) is 4.39 Å². The molecular weight excluding hydrogens is 352 g/mol. The first kappa shape index (κ1) is 19.4. The van der Waals surface area contributed by atoms with Crippen molar-refractivity contribution in [1.82, 2.24) is 0 Å². The minimum atomic E-state index is -4.51. The van der Waals surface area contributed by atoms with Crippen LogP contribution in [0.2, 0.25) is 0 Å². The summed E-state index contributed by atoms with van der Waals surface area (Å²) in [4.78, 5) is 24.8. The van der Waals surface area contributed by atoms with Gasteiger partial charge >= 0.3 is 6.18 Å². The van der Waals surface area contributed by atoms with E-state index in [1.54, 1.807) is 0 Å². The number of carbonyl (C=O) groups excluding carboxylic acids is 2. The van der Waals surface area contributed by atoms with Gasteiger partial charge in [0.1, 0.15) is 5.82 Å². The normalized spacial score (nSPS) is 11.2. The van der Waals surface area contributed by atoms with Crippen LogP contribution in [0.25, 0.3) is 0 Å². The molecule has 2 aromatic carbocycles. The first-order valence-electron chi connectivity index (χ1n) is 7.67. The highest BCUT2D eigenvalue weighted by Gasteiger charge is 2.30. The SMILES string of the molecule is NC(=O)CCN(C(=O)Cc1cccc(C(F)(F)F)c1)c1ccc(F)cc1. The molecule has 0 heterocycles. The van der Waals surface area contributed by atoms with Gasteiger partial charge in [-0.2, -0.15) is 13.2 Å². The number of hydrogen-bond donors (Lipinski definition) is 1. The van der Waals surface area contributed by atoms with Crippen LogP contribution in [0.15, 0.2) is 48.5 Å². The average Bonchev–Trinajstić information content (AvgIpc) is 2.56. The largest absolute Gasteiger partial charge is 0.416 e. The van der Waals surface area contributed by atoms with Gasteiger partial charge in [-0.3, -0.25) is 9.59 Å². The summed E-state index contributed by atoms with van der Waals surface area (Å²) >= 11 is 0. The Bertz CT molecular complexity index is 789. The van der Waals surface area contributed by atoms with E-state index in [0.29, 0.717) is 5.69 Å². The van der Waals surface area contributed by atoms with E-state index in [2.05, 4.69) is 0 Å². The summed E-state index contributed by atoms with van der Waals surface area (Å²) in [5.41, 5.74) is 4.75. The third kappa shape index (κ3) is 5.30. The number of carbonyl (C=O) groups is 2. The molecule has 0 spiro atoms. The molecule has 0 atom stereocenters. The molecule has 2 rings (SSSR count). The predicted octanol–water partition coefficient (Wildman–Crippen LogP) is 3.30. The van der Waals surface area contributed by atoms with E-state index in [9.17, 15) is 27.2 Å². The molecule has 2 aromatic rings. The summed E-state index contributed by atoms with van der Waals surface area (Å²) in [6, 6.07) is 9.42. The zero-order valence-electron chi connectivity index (χ0n) is 13.6. The lowest BCUT2D eigenvalue weighted by Gasteiger charge is -2.22. The number of halogens is 4. The lowest BCUT2D eigenvalue weighted by molar-refractivity contribution is -0.137. The molecule has 0 aromatic heterocycles. The first-order chi connectivity index (χ1) is 12.2. The van der Waals surface area contributed by atoms with Crippen molar-refractivity contribution in [3.05, 3.63) is 65.5 Å². The van der Waals surface area contributed by atoms with Gasteiger partial charge in [-0.1, -0.05) is 18.2 Å². The molecule has 2 amide bonds. The fraction of sp³-hybridized carbons (Fsp3) is 0.222. The molecule has 8 heteroatoms. The average molecular weight is 368 g/mol. The summed E-state index contributed by atoms with van der Waals surface area (Å²) in [7, 11) is 0. The van der Waals surface area contributed by atoms with Gasteiger partial charge in [0.05, 0.1) is 12.0 Å². The molecule has 2 N–H and O–H groups in total. The van der Waals surface area contributed by atoms with Gasteiger partial charge < -0.3 is 10.6 Å².